The summed E-state index contributed by atoms with van der Waals surface area (Å²) in [5, 5.41) is 2.95. The van der Waals surface area contributed by atoms with E-state index in [2.05, 4.69) is 21.2 Å². The quantitative estimate of drug-likeness (QED) is 0.897. The number of hydrogen-bond acceptors (Lipinski definition) is 3. The van der Waals surface area contributed by atoms with Crippen LogP contribution in [0, 0.1) is 5.92 Å². The molecule has 2 rings (SSSR count). The zero-order valence-corrected chi connectivity index (χ0v) is 12.6. The molecule has 1 fully saturated rings. The predicted octanol–water partition coefficient (Wildman–Crippen LogP) is 2.91. The van der Waals surface area contributed by atoms with Gasteiger partial charge in [-0.15, -0.1) is 0 Å². The molecule has 0 unspecified atom stereocenters. The zero-order valence-electron chi connectivity index (χ0n) is 11.0. The normalized spacial score (nSPS) is 22.9. The van der Waals surface area contributed by atoms with Crippen LogP contribution in [0.4, 0.5) is 5.69 Å². The molecule has 3 N–H and O–H groups in total. The number of nitrogens with one attached hydrogen (secondary N) is 1. The molecule has 0 radical (unpaired) electrons. The Balaban J connectivity index is 1.98. The van der Waals surface area contributed by atoms with Gasteiger partial charge in [0.2, 0.25) is 5.91 Å². The standard InChI is InChI=1S/C14H19BrN2O2/c1-19-13-8-11(6-7-12(13)15)17-14(18)9-2-4-10(16)5-3-9/h6-10H,2-5,16H2,1H3,(H,17,18). The van der Waals surface area contributed by atoms with Crippen LogP contribution in [0.3, 0.4) is 0 Å². The van der Waals surface area contributed by atoms with Gasteiger partial charge in [-0.1, -0.05) is 0 Å². The van der Waals surface area contributed by atoms with E-state index in [1.807, 2.05) is 18.2 Å². The van der Waals surface area contributed by atoms with Gasteiger partial charge < -0.3 is 15.8 Å². The zero-order chi connectivity index (χ0) is 13.8. The fourth-order valence-corrected chi connectivity index (χ4v) is 2.77. The van der Waals surface area contributed by atoms with Crippen LogP contribution < -0.4 is 15.8 Å². The Kier molecular flexibility index (Phi) is 4.82. The first kappa shape index (κ1) is 14.3. The van der Waals surface area contributed by atoms with Gasteiger partial charge in [-0.25, -0.2) is 0 Å². The summed E-state index contributed by atoms with van der Waals surface area (Å²) in [4.78, 5) is 12.2. The minimum absolute atomic E-state index is 0.0782. The monoisotopic (exact) mass is 326 g/mol. The van der Waals surface area contributed by atoms with Gasteiger partial charge >= 0.3 is 0 Å². The van der Waals surface area contributed by atoms with E-state index in [4.69, 9.17) is 10.5 Å². The number of benzene rings is 1. The number of hydrogen-bond donors (Lipinski definition) is 2. The molecular formula is C14H19BrN2O2. The van der Waals surface area contributed by atoms with Crippen molar-refractivity contribution < 1.29 is 9.53 Å². The molecule has 19 heavy (non-hydrogen) atoms. The van der Waals surface area contributed by atoms with Crippen molar-refractivity contribution in [2.45, 2.75) is 31.7 Å². The number of methoxy groups -OCH3 is 1. The summed E-state index contributed by atoms with van der Waals surface area (Å²) in [5.74, 6) is 0.870. The lowest BCUT2D eigenvalue weighted by molar-refractivity contribution is -0.120. The van der Waals surface area contributed by atoms with Crippen molar-refractivity contribution in [3.63, 3.8) is 0 Å². The summed E-state index contributed by atoms with van der Waals surface area (Å²) in [5.41, 5.74) is 6.61. The van der Waals surface area contributed by atoms with Gasteiger partial charge in [0.25, 0.3) is 0 Å². The molecule has 0 heterocycles. The second kappa shape index (κ2) is 6.39. The molecular weight excluding hydrogens is 308 g/mol. The van der Waals surface area contributed by atoms with Crippen LogP contribution >= 0.6 is 15.9 Å². The van der Waals surface area contributed by atoms with Crippen molar-refractivity contribution in [1.29, 1.82) is 0 Å². The molecule has 1 aliphatic carbocycles. The van der Waals surface area contributed by atoms with Crippen molar-refractivity contribution >= 4 is 27.5 Å². The minimum atomic E-state index is 0.0782. The van der Waals surface area contributed by atoms with E-state index < -0.39 is 0 Å². The van der Waals surface area contributed by atoms with E-state index >= 15 is 0 Å². The van der Waals surface area contributed by atoms with Gasteiger partial charge in [-0.05, 0) is 53.7 Å². The maximum absolute atomic E-state index is 12.2. The van der Waals surface area contributed by atoms with Crippen LogP contribution in [0.15, 0.2) is 22.7 Å². The van der Waals surface area contributed by atoms with E-state index in [1.54, 1.807) is 7.11 Å². The predicted molar refractivity (Wildman–Crippen MR) is 79.3 cm³/mol. The Morgan fingerprint density at radius 2 is 2.05 bits per heavy atom. The summed E-state index contributed by atoms with van der Waals surface area (Å²) in [7, 11) is 1.61. The van der Waals surface area contributed by atoms with E-state index in [9.17, 15) is 4.79 Å². The number of carbonyl (C=O) groups excluding carboxylic acids is 1. The van der Waals surface area contributed by atoms with Crippen molar-refractivity contribution in [1.82, 2.24) is 0 Å². The van der Waals surface area contributed by atoms with Crippen LogP contribution in [-0.2, 0) is 4.79 Å². The Morgan fingerprint density at radius 1 is 1.37 bits per heavy atom. The molecule has 1 aliphatic rings. The maximum Gasteiger partial charge on any atom is 0.227 e. The highest BCUT2D eigenvalue weighted by Gasteiger charge is 2.24. The maximum atomic E-state index is 12.2. The summed E-state index contributed by atoms with van der Waals surface area (Å²) in [6, 6.07) is 5.80. The molecule has 0 spiro atoms. The summed E-state index contributed by atoms with van der Waals surface area (Å²) in [6.45, 7) is 0. The molecule has 0 aliphatic heterocycles. The highest BCUT2D eigenvalue weighted by atomic mass is 79.9. The second-order valence-corrected chi connectivity index (χ2v) is 5.80. The molecule has 104 valence electrons. The van der Waals surface area contributed by atoms with E-state index in [-0.39, 0.29) is 17.9 Å². The third-order valence-corrected chi connectivity index (χ3v) is 4.22. The topological polar surface area (TPSA) is 64.3 Å². The van der Waals surface area contributed by atoms with E-state index in [1.165, 1.54) is 0 Å². The van der Waals surface area contributed by atoms with Crippen LogP contribution in [0.5, 0.6) is 5.75 Å². The number of rotatable bonds is 3. The molecule has 5 heteroatoms. The van der Waals surface area contributed by atoms with Crippen LogP contribution in [0.1, 0.15) is 25.7 Å². The lowest BCUT2D eigenvalue weighted by Gasteiger charge is -2.25. The van der Waals surface area contributed by atoms with Gasteiger partial charge in [0.15, 0.2) is 0 Å². The van der Waals surface area contributed by atoms with Gasteiger partial charge in [0.05, 0.1) is 11.6 Å². The number of nitrogens with two attached hydrogens (primary N) is 1. The summed E-state index contributed by atoms with van der Waals surface area (Å²) in [6.07, 6.45) is 3.62. The lowest BCUT2D eigenvalue weighted by Crippen LogP contribution is -2.32. The van der Waals surface area contributed by atoms with Crippen LogP contribution in [0.25, 0.3) is 0 Å². The molecule has 0 atom stereocenters. The van der Waals surface area contributed by atoms with Crippen molar-refractivity contribution in [2.75, 3.05) is 12.4 Å². The molecule has 1 saturated carbocycles. The number of anilines is 1. The minimum Gasteiger partial charge on any atom is -0.495 e. The molecule has 4 nitrogen and oxygen atoms in total. The Morgan fingerprint density at radius 3 is 2.68 bits per heavy atom. The lowest BCUT2D eigenvalue weighted by atomic mass is 9.86. The van der Waals surface area contributed by atoms with Crippen molar-refractivity contribution in [3.8, 4) is 5.75 Å². The van der Waals surface area contributed by atoms with E-state index in [0.717, 1.165) is 35.8 Å². The Bertz CT molecular complexity index is 457. The third-order valence-electron chi connectivity index (χ3n) is 3.56. The van der Waals surface area contributed by atoms with E-state index in [0.29, 0.717) is 5.75 Å². The average Bonchev–Trinajstić information content (AvgIpc) is 2.41. The summed E-state index contributed by atoms with van der Waals surface area (Å²) >= 11 is 3.39. The molecule has 1 amide bonds. The molecule has 1 aromatic rings. The third kappa shape index (κ3) is 3.70. The SMILES string of the molecule is COc1cc(NC(=O)C2CCC(N)CC2)ccc1Br. The van der Waals surface area contributed by atoms with Crippen LogP contribution in [-0.4, -0.2) is 19.1 Å². The molecule has 0 bridgehead atoms. The average molecular weight is 327 g/mol. The Hall–Kier alpha value is -1.07. The first-order valence-electron chi connectivity index (χ1n) is 6.50. The fourth-order valence-electron chi connectivity index (χ4n) is 2.36. The number of ether oxygens (including phenoxy) is 1. The highest BCUT2D eigenvalue weighted by molar-refractivity contribution is 9.10. The largest absolute Gasteiger partial charge is 0.495 e. The first-order valence-corrected chi connectivity index (χ1v) is 7.29. The van der Waals surface area contributed by atoms with Crippen LogP contribution in [0.2, 0.25) is 0 Å². The van der Waals surface area contributed by atoms with Crippen molar-refractivity contribution in [3.05, 3.63) is 22.7 Å². The molecule has 0 saturated heterocycles. The summed E-state index contributed by atoms with van der Waals surface area (Å²) < 4.78 is 6.08. The Labute approximate surface area is 121 Å². The van der Waals surface area contributed by atoms with Gasteiger partial charge in [0, 0.05) is 23.7 Å². The number of carbonyl (C=O) groups is 1. The second-order valence-electron chi connectivity index (χ2n) is 4.95. The smallest absolute Gasteiger partial charge is 0.227 e. The number of amides is 1. The first-order chi connectivity index (χ1) is 9.10. The van der Waals surface area contributed by atoms with Gasteiger partial charge in [-0.3, -0.25) is 4.79 Å². The van der Waals surface area contributed by atoms with Gasteiger partial charge in [-0.2, -0.15) is 0 Å². The highest BCUT2D eigenvalue weighted by Crippen LogP contribution is 2.29. The fraction of sp³-hybridized carbons (Fsp3) is 0.500. The van der Waals surface area contributed by atoms with Gasteiger partial charge in [0.1, 0.15) is 5.75 Å². The van der Waals surface area contributed by atoms with Crippen molar-refractivity contribution in [2.24, 2.45) is 11.7 Å². The molecule has 1 aromatic carbocycles. The number of halogens is 1. The molecule has 0 aromatic heterocycles.